The second-order valence-corrected chi connectivity index (χ2v) is 10.8. The molecule has 0 heterocycles. The minimum atomic E-state index is -4.10. The average molecular weight is 538 g/mol. The van der Waals surface area contributed by atoms with Crippen molar-refractivity contribution in [2.45, 2.75) is 44.7 Å². The Morgan fingerprint density at radius 3 is 2.18 bits per heavy atom. The van der Waals surface area contributed by atoms with Crippen molar-refractivity contribution in [3.8, 4) is 5.75 Å². The van der Waals surface area contributed by atoms with Gasteiger partial charge in [-0.1, -0.05) is 55.0 Å². The molecule has 0 spiro atoms. The standard InChI is InChI=1S/C29H35N3O5S/c1-6-24-9-7-8-10-27(24)32(38(35,36)26-17-11-21(2)12-18-26)20-28(33)31(22(3)29(34)30-4)19-23-13-15-25(37-5)16-14-23/h7-18,22H,6,19-20H2,1-5H3,(H,30,34). The second-order valence-electron chi connectivity index (χ2n) is 8.97. The molecular weight excluding hydrogens is 502 g/mol. The fraction of sp³-hybridized carbons (Fsp3) is 0.310. The summed E-state index contributed by atoms with van der Waals surface area (Å²) in [4.78, 5) is 27.9. The summed E-state index contributed by atoms with van der Waals surface area (Å²) >= 11 is 0. The summed E-state index contributed by atoms with van der Waals surface area (Å²) in [7, 11) is -1.03. The van der Waals surface area contributed by atoms with Crippen LogP contribution in [0.5, 0.6) is 5.75 Å². The van der Waals surface area contributed by atoms with Crippen molar-refractivity contribution in [3.63, 3.8) is 0 Å². The van der Waals surface area contributed by atoms with E-state index in [4.69, 9.17) is 4.74 Å². The van der Waals surface area contributed by atoms with Crippen LogP contribution in [0.1, 0.15) is 30.5 Å². The van der Waals surface area contributed by atoms with Crippen molar-refractivity contribution in [2.24, 2.45) is 0 Å². The molecule has 0 radical (unpaired) electrons. The predicted molar refractivity (Wildman–Crippen MR) is 149 cm³/mol. The van der Waals surface area contributed by atoms with E-state index in [1.165, 1.54) is 11.9 Å². The number of para-hydroxylation sites is 1. The van der Waals surface area contributed by atoms with Crippen LogP contribution in [0.4, 0.5) is 5.69 Å². The van der Waals surface area contributed by atoms with Crippen LogP contribution in [-0.4, -0.2) is 51.9 Å². The molecule has 0 fully saturated rings. The van der Waals surface area contributed by atoms with E-state index in [-0.39, 0.29) is 17.3 Å². The summed E-state index contributed by atoms with van der Waals surface area (Å²) in [5.74, 6) is -0.190. The first-order chi connectivity index (χ1) is 18.1. The van der Waals surface area contributed by atoms with Gasteiger partial charge < -0.3 is 15.0 Å². The van der Waals surface area contributed by atoms with Gasteiger partial charge in [0.2, 0.25) is 11.8 Å². The van der Waals surface area contributed by atoms with E-state index in [9.17, 15) is 18.0 Å². The molecule has 202 valence electrons. The molecule has 38 heavy (non-hydrogen) atoms. The summed E-state index contributed by atoms with van der Waals surface area (Å²) < 4.78 is 34.2. The first kappa shape index (κ1) is 28.7. The highest BCUT2D eigenvalue weighted by Gasteiger charge is 2.33. The Morgan fingerprint density at radius 2 is 1.61 bits per heavy atom. The lowest BCUT2D eigenvalue weighted by Gasteiger charge is -2.32. The molecule has 0 saturated carbocycles. The average Bonchev–Trinajstić information content (AvgIpc) is 2.94. The minimum absolute atomic E-state index is 0.0860. The Hall–Kier alpha value is -3.85. The van der Waals surface area contributed by atoms with Crippen LogP contribution in [0, 0.1) is 6.92 Å². The Kier molecular flexibility index (Phi) is 9.52. The smallest absolute Gasteiger partial charge is 0.264 e. The number of sulfonamides is 1. The SMILES string of the molecule is CCc1ccccc1N(CC(=O)N(Cc1ccc(OC)cc1)C(C)C(=O)NC)S(=O)(=O)c1ccc(C)cc1. The topological polar surface area (TPSA) is 96.0 Å². The number of aryl methyl sites for hydroxylation is 2. The van der Waals surface area contributed by atoms with Crippen molar-refractivity contribution in [2.75, 3.05) is 25.0 Å². The van der Waals surface area contributed by atoms with E-state index in [0.717, 1.165) is 21.0 Å². The molecule has 0 bridgehead atoms. The lowest BCUT2D eigenvalue weighted by atomic mass is 10.1. The van der Waals surface area contributed by atoms with Gasteiger partial charge in [0.1, 0.15) is 18.3 Å². The van der Waals surface area contributed by atoms with E-state index >= 15 is 0 Å². The number of amides is 2. The quantitative estimate of drug-likeness (QED) is 0.400. The van der Waals surface area contributed by atoms with Gasteiger partial charge in [-0.15, -0.1) is 0 Å². The number of likely N-dealkylation sites (N-methyl/N-ethyl adjacent to an activating group) is 1. The number of carbonyl (C=O) groups excluding carboxylic acids is 2. The molecule has 0 aliphatic carbocycles. The predicted octanol–water partition coefficient (Wildman–Crippen LogP) is 3.92. The van der Waals surface area contributed by atoms with E-state index < -0.39 is 28.5 Å². The molecule has 8 nitrogen and oxygen atoms in total. The first-order valence-electron chi connectivity index (χ1n) is 12.4. The van der Waals surface area contributed by atoms with Gasteiger partial charge in [-0.25, -0.2) is 8.42 Å². The largest absolute Gasteiger partial charge is 0.497 e. The van der Waals surface area contributed by atoms with Crippen LogP contribution in [0.25, 0.3) is 0 Å². The van der Waals surface area contributed by atoms with Gasteiger partial charge in [-0.2, -0.15) is 0 Å². The lowest BCUT2D eigenvalue weighted by molar-refractivity contribution is -0.139. The summed E-state index contributed by atoms with van der Waals surface area (Å²) in [5, 5.41) is 2.58. The van der Waals surface area contributed by atoms with E-state index in [1.54, 1.807) is 62.6 Å². The summed E-state index contributed by atoms with van der Waals surface area (Å²) in [5.41, 5.74) is 2.92. The molecular formula is C29H35N3O5S. The normalized spacial score (nSPS) is 11.9. The monoisotopic (exact) mass is 537 g/mol. The molecule has 9 heteroatoms. The Bertz CT molecular complexity index is 1360. The molecule has 2 amide bonds. The summed E-state index contributed by atoms with van der Waals surface area (Å²) in [6, 6.07) is 20.0. The molecule has 3 aromatic rings. The van der Waals surface area contributed by atoms with Gasteiger partial charge in [-0.05, 0) is 61.7 Å². The number of anilines is 1. The molecule has 1 N–H and O–H groups in total. The number of hydrogen-bond donors (Lipinski definition) is 1. The maximum Gasteiger partial charge on any atom is 0.264 e. The number of hydrogen-bond acceptors (Lipinski definition) is 5. The third-order valence-electron chi connectivity index (χ3n) is 6.45. The van der Waals surface area contributed by atoms with E-state index in [0.29, 0.717) is 17.9 Å². The van der Waals surface area contributed by atoms with Gasteiger partial charge in [0.05, 0.1) is 17.7 Å². The van der Waals surface area contributed by atoms with Crippen LogP contribution < -0.4 is 14.4 Å². The molecule has 3 aromatic carbocycles. The molecule has 3 rings (SSSR count). The highest BCUT2D eigenvalue weighted by Crippen LogP contribution is 2.28. The van der Waals surface area contributed by atoms with Crippen molar-refractivity contribution < 1.29 is 22.7 Å². The van der Waals surface area contributed by atoms with Crippen LogP contribution >= 0.6 is 0 Å². The van der Waals surface area contributed by atoms with Crippen LogP contribution in [0.3, 0.4) is 0 Å². The number of methoxy groups -OCH3 is 1. The first-order valence-corrected chi connectivity index (χ1v) is 13.9. The number of benzene rings is 3. The maximum absolute atomic E-state index is 13.9. The van der Waals surface area contributed by atoms with Gasteiger partial charge in [0.15, 0.2) is 0 Å². The third-order valence-corrected chi connectivity index (χ3v) is 8.23. The zero-order chi connectivity index (χ0) is 27.9. The number of ether oxygens (including phenoxy) is 1. The van der Waals surface area contributed by atoms with E-state index in [1.807, 2.05) is 38.1 Å². The molecule has 0 aromatic heterocycles. The zero-order valence-electron chi connectivity index (χ0n) is 22.5. The zero-order valence-corrected chi connectivity index (χ0v) is 23.3. The number of nitrogens with one attached hydrogen (secondary N) is 1. The van der Waals surface area contributed by atoms with Crippen LogP contribution in [0.15, 0.2) is 77.7 Å². The highest BCUT2D eigenvalue weighted by atomic mass is 32.2. The van der Waals surface area contributed by atoms with E-state index in [2.05, 4.69) is 5.32 Å². The Morgan fingerprint density at radius 1 is 0.974 bits per heavy atom. The molecule has 0 saturated heterocycles. The molecule has 1 unspecified atom stereocenters. The third kappa shape index (κ3) is 6.52. The van der Waals surface area contributed by atoms with Gasteiger partial charge in [-0.3, -0.25) is 13.9 Å². The van der Waals surface area contributed by atoms with Crippen molar-refractivity contribution >= 4 is 27.5 Å². The molecule has 1 atom stereocenters. The van der Waals surface area contributed by atoms with Gasteiger partial charge >= 0.3 is 0 Å². The molecule has 0 aliphatic heterocycles. The maximum atomic E-state index is 13.9. The number of rotatable bonds is 11. The Balaban J connectivity index is 2.05. The number of nitrogens with zero attached hydrogens (tertiary/aromatic N) is 2. The molecule has 0 aliphatic rings. The lowest BCUT2D eigenvalue weighted by Crippen LogP contribution is -2.50. The van der Waals surface area contributed by atoms with Crippen molar-refractivity contribution in [3.05, 3.63) is 89.5 Å². The van der Waals surface area contributed by atoms with Gasteiger partial charge in [0.25, 0.3) is 10.0 Å². The summed E-state index contributed by atoms with van der Waals surface area (Å²) in [6.45, 7) is 5.08. The fourth-order valence-electron chi connectivity index (χ4n) is 4.12. The van der Waals surface area contributed by atoms with Crippen molar-refractivity contribution in [1.29, 1.82) is 0 Å². The second kappa shape index (κ2) is 12.6. The van der Waals surface area contributed by atoms with Crippen LogP contribution in [0.2, 0.25) is 0 Å². The highest BCUT2D eigenvalue weighted by molar-refractivity contribution is 7.92. The minimum Gasteiger partial charge on any atom is -0.497 e. The fourth-order valence-corrected chi connectivity index (χ4v) is 5.58. The van der Waals surface area contributed by atoms with Crippen molar-refractivity contribution in [1.82, 2.24) is 10.2 Å². The van der Waals surface area contributed by atoms with Gasteiger partial charge in [0, 0.05) is 13.6 Å². The Labute approximate surface area is 225 Å². The number of carbonyl (C=O) groups is 2. The summed E-state index contributed by atoms with van der Waals surface area (Å²) in [6.07, 6.45) is 0.578. The van der Waals surface area contributed by atoms with Crippen LogP contribution in [-0.2, 0) is 32.6 Å².